The quantitative estimate of drug-likeness (QED) is 0.367. The number of rotatable bonds is 4. The van der Waals surface area contributed by atoms with Crippen LogP contribution in [0.3, 0.4) is 0 Å². The van der Waals surface area contributed by atoms with E-state index >= 15 is 0 Å². The minimum Gasteiger partial charge on any atom is -0.404 e. The SMILES string of the molecule is C[C@@H]1CC(=O)Nc2cccc(-c3ccc(N)c(C(=N)/C(C=N)=C/N)c3)c2N1. The number of para-hydroxylation sites is 1. The highest BCUT2D eigenvalue weighted by atomic mass is 16.1. The number of allylic oxidation sites excluding steroid dienone is 1. The molecule has 1 aliphatic heterocycles. The standard InChI is InChI=1S/C20H22N6O/c1-11-7-18(27)26-17-4-2-3-14(20(17)25-11)12-5-6-16(23)15(8-12)19(24)13(9-21)10-22/h2-6,8-11,21,24-25H,7,22-23H2,1H3,(H,26,27)/b13-10+,21-9?,24-19?/t11-/m1/s1. The minimum absolute atomic E-state index is 0.0105. The van der Waals surface area contributed by atoms with Gasteiger partial charge in [0.05, 0.1) is 17.1 Å². The molecule has 2 aromatic rings. The predicted octanol–water partition coefficient (Wildman–Crippen LogP) is 2.94. The summed E-state index contributed by atoms with van der Waals surface area (Å²) in [6, 6.07) is 11.1. The molecule has 0 fully saturated rings. The number of amides is 1. The lowest BCUT2D eigenvalue weighted by atomic mass is 9.95. The Hall–Kier alpha value is -3.61. The van der Waals surface area contributed by atoms with Crippen LogP contribution in [0.5, 0.6) is 0 Å². The van der Waals surface area contributed by atoms with Gasteiger partial charge in [-0.2, -0.15) is 0 Å². The van der Waals surface area contributed by atoms with Gasteiger partial charge in [-0.15, -0.1) is 0 Å². The fraction of sp³-hybridized carbons (Fsp3) is 0.150. The maximum Gasteiger partial charge on any atom is 0.226 e. The van der Waals surface area contributed by atoms with Crippen LogP contribution in [0.25, 0.3) is 11.1 Å². The fourth-order valence-electron chi connectivity index (χ4n) is 3.13. The molecule has 0 aliphatic carbocycles. The van der Waals surface area contributed by atoms with Crippen LogP contribution in [-0.2, 0) is 4.79 Å². The van der Waals surface area contributed by atoms with Crippen LogP contribution >= 0.6 is 0 Å². The molecular weight excluding hydrogens is 340 g/mol. The highest BCUT2D eigenvalue weighted by molar-refractivity contribution is 6.24. The van der Waals surface area contributed by atoms with E-state index in [0.717, 1.165) is 28.7 Å². The van der Waals surface area contributed by atoms with E-state index < -0.39 is 0 Å². The van der Waals surface area contributed by atoms with E-state index in [0.29, 0.717) is 17.7 Å². The number of benzene rings is 2. The van der Waals surface area contributed by atoms with E-state index in [1.807, 2.05) is 31.2 Å². The Bertz CT molecular complexity index is 963. The van der Waals surface area contributed by atoms with E-state index in [4.69, 9.17) is 22.3 Å². The third kappa shape index (κ3) is 3.52. The van der Waals surface area contributed by atoms with Crippen molar-refractivity contribution in [2.75, 3.05) is 16.4 Å². The van der Waals surface area contributed by atoms with Crippen LogP contribution in [0.1, 0.15) is 18.9 Å². The summed E-state index contributed by atoms with van der Waals surface area (Å²) in [4.78, 5) is 12.0. The van der Waals surface area contributed by atoms with Gasteiger partial charge in [-0.1, -0.05) is 18.2 Å². The van der Waals surface area contributed by atoms with Crippen LogP contribution < -0.4 is 22.1 Å². The molecule has 1 heterocycles. The average Bonchev–Trinajstić information content (AvgIpc) is 2.79. The monoisotopic (exact) mass is 362 g/mol. The Balaban J connectivity index is 2.12. The maximum absolute atomic E-state index is 12.0. The van der Waals surface area contributed by atoms with Gasteiger partial charge in [-0.05, 0) is 30.7 Å². The van der Waals surface area contributed by atoms with Crippen molar-refractivity contribution < 1.29 is 4.79 Å². The molecule has 0 aromatic heterocycles. The van der Waals surface area contributed by atoms with Gasteiger partial charge in [0.2, 0.25) is 5.91 Å². The number of hydrogen-bond donors (Lipinski definition) is 6. The molecular formula is C20H22N6O. The van der Waals surface area contributed by atoms with Crippen molar-refractivity contribution in [2.45, 2.75) is 19.4 Å². The summed E-state index contributed by atoms with van der Waals surface area (Å²) in [5.74, 6) is -0.0330. The van der Waals surface area contributed by atoms with Crippen molar-refractivity contribution in [1.29, 1.82) is 10.8 Å². The van der Waals surface area contributed by atoms with Crippen molar-refractivity contribution >= 4 is 34.9 Å². The number of carbonyl (C=O) groups is 1. The molecule has 1 aliphatic rings. The Morgan fingerprint density at radius 3 is 2.78 bits per heavy atom. The lowest BCUT2D eigenvalue weighted by Gasteiger charge is -2.18. The minimum atomic E-state index is -0.0330. The van der Waals surface area contributed by atoms with Crippen LogP contribution in [-0.4, -0.2) is 23.9 Å². The number of nitrogens with one attached hydrogen (secondary N) is 4. The maximum atomic E-state index is 12.0. The molecule has 2 aromatic carbocycles. The summed E-state index contributed by atoms with van der Waals surface area (Å²) in [7, 11) is 0. The van der Waals surface area contributed by atoms with Crippen LogP contribution in [0, 0.1) is 10.8 Å². The van der Waals surface area contributed by atoms with Crippen LogP contribution in [0.15, 0.2) is 48.2 Å². The third-order valence-corrected chi connectivity index (χ3v) is 4.48. The van der Waals surface area contributed by atoms with E-state index in [9.17, 15) is 4.79 Å². The number of nitrogen functional groups attached to an aromatic ring is 1. The Kier molecular flexibility index (Phi) is 4.94. The first-order valence-electron chi connectivity index (χ1n) is 8.55. The molecule has 3 rings (SSSR count). The highest BCUT2D eigenvalue weighted by Gasteiger charge is 2.21. The summed E-state index contributed by atoms with van der Waals surface area (Å²) in [6.45, 7) is 1.96. The number of anilines is 3. The molecule has 0 bridgehead atoms. The normalized spacial score (nSPS) is 16.6. The zero-order valence-corrected chi connectivity index (χ0v) is 15.0. The molecule has 7 nitrogen and oxygen atoms in total. The molecule has 0 spiro atoms. The first kappa shape index (κ1) is 18.2. The topological polar surface area (TPSA) is 141 Å². The summed E-state index contributed by atoms with van der Waals surface area (Å²) in [5.41, 5.74) is 16.2. The molecule has 138 valence electrons. The summed E-state index contributed by atoms with van der Waals surface area (Å²) in [5, 5.41) is 22.0. The molecule has 7 heteroatoms. The summed E-state index contributed by atoms with van der Waals surface area (Å²) >= 11 is 0. The van der Waals surface area contributed by atoms with Crippen molar-refractivity contribution in [2.24, 2.45) is 5.73 Å². The number of carbonyl (C=O) groups excluding carboxylic acids is 1. The Morgan fingerprint density at radius 1 is 1.30 bits per heavy atom. The summed E-state index contributed by atoms with van der Waals surface area (Å²) in [6.07, 6.45) is 2.63. The zero-order chi connectivity index (χ0) is 19.6. The second-order valence-electron chi connectivity index (χ2n) is 6.47. The van der Waals surface area contributed by atoms with Gasteiger partial charge < -0.3 is 27.5 Å². The van der Waals surface area contributed by atoms with Gasteiger partial charge in [0.25, 0.3) is 0 Å². The fourth-order valence-corrected chi connectivity index (χ4v) is 3.13. The second-order valence-corrected chi connectivity index (χ2v) is 6.47. The first-order chi connectivity index (χ1) is 12.9. The van der Waals surface area contributed by atoms with Crippen molar-refractivity contribution in [3.8, 4) is 11.1 Å². The predicted molar refractivity (Wildman–Crippen MR) is 111 cm³/mol. The van der Waals surface area contributed by atoms with E-state index in [-0.39, 0.29) is 23.2 Å². The largest absolute Gasteiger partial charge is 0.404 e. The van der Waals surface area contributed by atoms with Gasteiger partial charge in [-0.3, -0.25) is 10.2 Å². The highest BCUT2D eigenvalue weighted by Crippen LogP contribution is 2.37. The van der Waals surface area contributed by atoms with Gasteiger partial charge in [-0.25, -0.2) is 0 Å². The van der Waals surface area contributed by atoms with E-state index in [2.05, 4.69) is 10.6 Å². The number of nitrogens with two attached hydrogens (primary N) is 2. The third-order valence-electron chi connectivity index (χ3n) is 4.48. The Morgan fingerprint density at radius 2 is 2.07 bits per heavy atom. The van der Waals surface area contributed by atoms with Crippen molar-refractivity contribution in [3.05, 3.63) is 53.7 Å². The molecule has 0 saturated carbocycles. The molecule has 0 unspecified atom stereocenters. The summed E-state index contributed by atoms with van der Waals surface area (Å²) < 4.78 is 0. The van der Waals surface area contributed by atoms with Crippen molar-refractivity contribution in [1.82, 2.24) is 0 Å². The lowest BCUT2D eigenvalue weighted by Crippen LogP contribution is -2.19. The molecule has 0 saturated heterocycles. The van der Waals surface area contributed by atoms with E-state index in [1.54, 1.807) is 12.1 Å². The molecule has 27 heavy (non-hydrogen) atoms. The zero-order valence-electron chi connectivity index (χ0n) is 15.0. The van der Waals surface area contributed by atoms with Crippen LogP contribution in [0.4, 0.5) is 17.1 Å². The molecule has 8 N–H and O–H groups in total. The molecule has 1 atom stereocenters. The first-order valence-corrected chi connectivity index (χ1v) is 8.55. The van der Waals surface area contributed by atoms with Gasteiger partial charge in [0.15, 0.2) is 0 Å². The van der Waals surface area contributed by atoms with Crippen LogP contribution in [0.2, 0.25) is 0 Å². The van der Waals surface area contributed by atoms with Crippen molar-refractivity contribution in [3.63, 3.8) is 0 Å². The second kappa shape index (κ2) is 7.33. The van der Waals surface area contributed by atoms with Gasteiger partial charge in [0.1, 0.15) is 0 Å². The van der Waals surface area contributed by atoms with Gasteiger partial charge >= 0.3 is 0 Å². The Labute approximate surface area is 157 Å². The molecule has 0 radical (unpaired) electrons. The lowest BCUT2D eigenvalue weighted by molar-refractivity contribution is -0.116. The average molecular weight is 362 g/mol. The van der Waals surface area contributed by atoms with Gasteiger partial charge in [0, 0.05) is 47.3 Å². The number of hydrogen-bond acceptors (Lipinski definition) is 6. The number of fused-ring (bicyclic) bond motifs is 1. The molecule has 1 amide bonds. The van der Waals surface area contributed by atoms with E-state index in [1.165, 1.54) is 6.20 Å². The smallest absolute Gasteiger partial charge is 0.226 e.